The zero-order valence-corrected chi connectivity index (χ0v) is 9.54. The fourth-order valence-electron chi connectivity index (χ4n) is 2.22. The second-order valence-corrected chi connectivity index (χ2v) is 4.03. The summed E-state index contributed by atoms with van der Waals surface area (Å²) in [6, 6.07) is 4.61. The SMILES string of the molecule is CCC1=CC(C)=CC(C#N)(CC)C1C#N. The summed E-state index contributed by atoms with van der Waals surface area (Å²) in [5.41, 5.74) is 1.57. The minimum absolute atomic E-state index is 0.277. The molecule has 1 aliphatic rings. The van der Waals surface area contributed by atoms with Gasteiger partial charge in [-0.05, 0) is 19.8 Å². The molecule has 0 N–H and O–H groups in total. The van der Waals surface area contributed by atoms with E-state index in [0.29, 0.717) is 6.42 Å². The van der Waals surface area contributed by atoms with E-state index in [9.17, 15) is 10.5 Å². The Balaban J connectivity index is 3.28. The van der Waals surface area contributed by atoms with Gasteiger partial charge >= 0.3 is 0 Å². The molecule has 2 nitrogen and oxygen atoms in total. The average molecular weight is 200 g/mol. The van der Waals surface area contributed by atoms with Crippen molar-refractivity contribution < 1.29 is 0 Å². The molecular formula is C13H16N2. The Labute approximate surface area is 91.5 Å². The Bertz CT molecular complexity index is 390. The van der Waals surface area contributed by atoms with Crippen LogP contribution in [-0.4, -0.2) is 0 Å². The van der Waals surface area contributed by atoms with Gasteiger partial charge in [0.1, 0.15) is 0 Å². The number of nitriles is 2. The fraction of sp³-hybridized carbons (Fsp3) is 0.538. The van der Waals surface area contributed by atoms with Crippen molar-refractivity contribution in [2.24, 2.45) is 11.3 Å². The molecule has 0 spiro atoms. The van der Waals surface area contributed by atoms with Crippen molar-refractivity contribution in [2.45, 2.75) is 33.6 Å². The molecule has 0 bridgehead atoms. The Morgan fingerprint density at radius 3 is 2.47 bits per heavy atom. The number of allylic oxidation sites excluding steroid dienone is 4. The van der Waals surface area contributed by atoms with Gasteiger partial charge in [0, 0.05) is 0 Å². The topological polar surface area (TPSA) is 47.6 Å². The van der Waals surface area contributed by atoms with Crippen molar-refractivity contribution >= 4 is 0 Å². The maximum Gasteiger partial charge on any atom is 0.0951 e. The number of nitrogens with zero attached hydrogens (tertiary/aromatic N) is 2. The van der Waals surface area contributed by atoms with Gasteiger partial charge in [0.2, 0.25) is 0 Å². The second-order valence-electron chi connectivity index (χ2n) is 4.03. The first kappa shape index (κ1) is 11.5. The maximum absolute atomic E-state index is 9.30. The quantitative estimate of drug-likeness (QED) is 0.686. The van der Waals surface area contributed by atoms with Gasteiger partial charge in [0.05, 0.1) is 23.5 Å². The molecule has 0 heterocycles. The van der Waals surface area contributed by atoms with Crippen molar-refractivity contribution in [2.75, 3.05) is 0 Å². The lowest BCUT2D eigenvalue weighted by atomic mass is 9.67. The highest BCUT2D eigenvalue weighted by Gasteiger charge is 2.39. The Hall–Kier alpha value is -1.54. The summed E-state index contributed by atoms with van der Waals surface area (Å²) >= 11 is 0. The van der Waals surface area contributed by atoms with Crippen LogP contribution in [0.2, 0.25) is 0 Å². The van der Waals surface area contributed by atoms with E-state index >= 15 is 0 Å². The zero-order valence-electron chi connectivity index (χ0n) is 9.54. The predicted molar refractivity (Wildman–Crippen MR) is 59.6 cm³/mol. The number of hydrogen-bond acceptors (Lipinski definition) is 2. The van der Waals surface area contributed by atoms with Gasteiger partial charge in [0.25, 0.3) is 0 Å². The Morgan fingerprint density at radius 1 is 1.40 bits per heavy atom. The van der Waals surface area contributed by atoms with E-state index in [1.807, 2.05) is 32.9 Å². The maximum atomic E-state index is 9.30. The molecule has 0 amide bonds. The molecule has 0 fully saturated rings. The van der Waals surface area contributed by atoms with Gasteiger partial charge in [-0.2, -0.15) is 10.5 Å². The summed E-state index contributed by atoms with van der Waals surface area (Å²) < 4.78 is 0. The van der Waals surface area contributed by atoms with Gasteiger partial charge in [-0.3, -0.25) is 0 Å². The molecule has 0 aromatic carbocycles. The second kappa shape index (κ2) is 4.32. The Kier molecular flexibility index (Phi) is 3.32. The summed E-state index contributed by atoms with van der Waals surface area (Å²) in [4.78, 5) is 0. The van der Waals surface area contributed by atoms with E-state index in [0.717, 1.165) is 17.6 Å². The van der Waals surface area contributed by atoms with Crippen LogP contribution in [0.4, 0.5) is 0 Å². The Morgan fingerprint density at radius 2 is 2.07 bits per heavy atom. The molecule has 0 aliphatic heterocycles. The summed E-state index contributed by atoms with van der Waals surface area (Å²) in [7, 11) is 0. The highest BCUT2D eigenvalue weighted by atomic mass is 14.5. The minimum Gasteiger partial charge on any atom is -0.198 e. The summed E-state index contributed by atoms with van der Waals surface area (Å²) in [6.07, 6.45) is 5.52. The third kappa shape index (κ3) is 1.81. The molecule has 78 valence electrons. The normalized spacial score (nSPS) is 29.8. The largest absolute Gasteiger partial charge is 0.198 e. The minimum atomic E-state index is -0.612. The lowest BCUT2D eigenvalue weighted by Crippen LogP contribution is -2.29. The van der Waals surface area contributed by atoms with Crippen LogP contribution in [-0.2, 0) is 0 Å². The van der Waals surface area contributed by atoms with Crippen LogP contribution >= 0.6 is 0 Å². The van der Waals surface area contributed by atoms with Gasteiger partial charge in [0.15, 0.2) is 0 Å². The highest BCUT2D eigenvalue weighted by molar-refractivity contribution is 5.40. The van der Waals surface area contributed by atoms with E-state index in [2.05, 4.69) is 12.1 Å². The summed E-state index contributed by atoms with van der Waals surface area (Å²) in [5.74, 6) is -0.277. The van der Waals surface area contributed by atoms with E-state index in [-0.39, 0.29) is 5.92 Å². The molecule has 0 saturated heterocycles. The van der Waals surface area contributed by atoms with Crippen LogP contribution in [0.25, 0.3) is 0 Å². The van der Waals surface area contributed by atoms with E-state index in [4.69, 9.17) is 0 Å². The zero-order chi connectivity index (χ0) is 11.5. The molecule has 2 unspecified atom stereocenters. The average Bonchev–Trinajstić information content (AvgIpc) is 2.27. The van der Waals surface area contributed by atoms with Crippen LogP contribution in [0.5, 0.6) is 0 Å². The monoisotopic (exact) mass is 200 g/mol. The van der Waals surface area contributed by atoms with Crippen molar-refractivity contribution in [3.63, 3.8) is 0 Å². The first-order chi connectivity index (χ1) is 7.13. The molecule has 0 aromatic rings. The van der Waals surface area contributed by atoms with Crippen molar-refractivity contribution in [3.05, 3.63) is 23.3 Å². The summed E-state index contributed by atoms with van der Waals surface area (Å²) in [6.45, 7) is 5.99. The van der Waals surface area contributed by atoms with Crippen molar-refractivity contribution in [1.82, 2.24) is 0 Å². The van der Waals surface area contributed by atoms with Crippen LogP contribution in [0, 0.1) is 34.0 Å². The molecule has 1 rings (SSSR count). The first-order valence-corrected chi connectivity index (χ1v) is 5.34. The van der Waals surface area contributed by atoms with Gasteiger partial charge < -0.3 is 0 Å². The highest BCUT2D eigenvalue weighted by Crippen LogP contribution is 2.42. The lowest BCUT2D eigenvalue weighted by Gasteiger charge is -2.32. The summed E-state index contributed by atoms with van der Waals surface area (Å²) in [5, 5.41) is 18.5. The molecule has 1 aliphatic carbocycles. The molecular weight excluding hydrogens is 184 g/mol. The van der Waals surface area contributed by atoms with Crippen LogP contribution in [0.3, 0.4) is 0 Å². The number of rotatable bonds is 2. The van der Waals surface area contributed by atoms with E-state index in [1.54, 1.807) is 0 Å². The van der Waals surface area contributed by atoms with Gasteiger partial charge in [-0.25, -0.2) is 0 Å². The molecule has 0 saturated carbocycles. The van der Waals surface area contributed by atoms with Gasteiger partial charge in [-0.15, -0.1) is 0 Å². The van der Waals surface area contributed by atoms with Crippen LogP contribution in [0.15, 0.2) is 23.3 Å². The van der Waals surface area contributed by atoms with E-state index in [1.165, 1.54) is 0 Å². The van der Waals surface area contributed by atoms with Gasteiger partial charge in [-0.1, -0.05) is 37.1 Å². The third-order valence-electron chi connectivity index (χ3n) is 3.11. The predicted octanol–water partition coefficient (Wildman–Crippen LogP) is 3.34. The van der Waals surface area contributed by atoms with Crippen molar-refractivity contribution in [1.29, 1.82) is 10.5 Å². The van der Waals surface area contributed by atoms with Crippen LogP contribution < -0.4 is 0 Å². The van der Waals surface area contributed by atoms with Crippen LogP contribution in [0.1, 0.15) is 33.6 Å². The van der Waals surface area contributed by atoms with Crippen molar-refractivity contribution in [3.8, 4) is 12.1 Å². The fourth-order valence-corrected chi connectivity index (χ4v) is 2.22. The number of hydrogen-bond donors (Lipinski definition) is 0. The standard InChI is InChI=1S/C13H16N2/c1-4-11-6-10(3)7-13(5-2,9-15)12(11)8-14/h6-7,12H,4-5H2,1-3H3. The molecule has 0 aromatic heterocycles. The molecule has 2 atom stereocenters. The smallest absolute Gasteiger partial charge is 0.0951 e. The lowest BCUT2D eigenvalue weighted by molar-refractivity contribution is 0.391. The first-order valence-electron chi connectivity index (χ1n) is 5.34. The molecule has 15 heavy (non-hydrogen) atoms. The molecule has 2 heteroatoms. The van der Waals surface area contributed by atoms with E-state index < -0.39 is 5.41 Å². The molecule has 0 radical (unpaired) electrons. The third-order valence-corrected chi connectivity index (χ3v) is 3.11.